The molecule has 0 bridgehead atoms. The molecule has 0 aromatic carbocycles. The minimum Gasteiger partial charge on any atom is -0.480 e. The molecule has 1 aromatic rings. The highest BCUT2D eigenvalue weighted by Gasteiger charge is 2.19. The summed E-state index contributed by atoms with van der Waals surface area (Å²) in [5, 5.41) is 13.5. The van der Waals surface area contributed by atoms with Crippen molar-refractivity contribution in [3.63, 3.8) is 0 Å². The van der Waals surface area contributed by atoms with Crippen LogP contribution in [0.3, 0.4) is 0 Å². The maximum atomic E-state index is 11.8. The van der Waals surface area contributed by atoms with Crippen molar-refractivity contribution < 1.29 is 14.7 Å². The number of amides is 2. The van der Waals surface area contributed by atoms with Crippen LogP contribution in [-0.2, 0) is 11.2 Å². The van der Waals surface area contributed by atoms with Gasteiger partial charge in [0.05, 0.1) is 0 Å². The van der Waals surface area contributed by atoms with Crippen molar-refractivity contribution in [2.45, 2.75) is 26.3 Å². The lowest BCUT2D eigenvalue weighted by molar-refractivity contribution is -0.138. The molecule has 1 rings (SSSR count). The first-order valence-electron chi connectivity index (χ1n) is 5.79. The molecule has 0 saturated carbocycles. The molecule has 100 valence electrons. The molecule has 0 unspecified atom stereocenters. The number of carbonyl (C=O) groups excluding carboxylic acids is 1. The molecule has 0 aliphatic carbocycles. The summed E-state index contributed by atoms with van der Waals surface area (Å²) in [6.07, 6.45) is 0.766. The first-order valence-corrected chi connectivity index (χ1v) is 6.67. The minimum atomic E-state index is -1.00. The van der Waals surface area contributed by atoms with Gasteiger partial charge in [-0.15, -0.1) is 11.3 Å². The van der Waals surface area contributed by atoms with Gasteiger partial charge < -0.3 is 15.3 Å². The van der Waals surface area contributed by atoms with E-state index < -0.39 is 5.97 Å². The molecule has 1 aromatic heterocycles. The van der Waals surface area contributed by atoms with Crippen LogP contribution in [0.15, 0.2) is 17.5 Å². The lowest BCUT2D eigenvalue weighted by atomic mass is 10.3. The summed E-state index contributed by atoms with van der Waals surface area (Å²) in [7, 11) is 0. The van der Waals surface area contributed by atoms with Crippen LogP contribution in [0.1, 0.15) is 18.7 Å². The summed E-state index contributed by atoms with van der Waals surface area (Å²) in [6.45, 7) is 3.83. The maximum absolute atomic E-state index is 11.8. The smallest absolute Gasteiger partial charge is 0.323 e. The van der Waals surface area contributed by atoms with Crippen LogP contribution >= 0.6 is 11.3 Å². The Morgan fingerprint density at radius 3 is 2.72 bits per heavy atom. The standard InChI is InChI=1S/C12H18N2O3S/c1-9(2)14(8-11(15)16)12(17)13-6-5-10-4-3-7-18-10/h3-4,7,9H,5-6,8H2,1-2H3,(H,13,17)(H,15,16). The van der Waals surface area contributed by atoms with Gasteiger partial charge in [-0.2, -0.15) is 0 Å². The number of nitrogens with one attached hydrogen (secondary N) is 1. The molecule has 2 N–H and O–H groups in total. The molecule has 0 fully saturated rings. The number of aliphatic carboxylic acids is 1. The van der Waals surface area contributed by atoms with Crippen LogP contribution < -0.4 is 5.32 Å². The molecule has 0 spiro atoms. The van der Waals surface area contributed by atoms with E-state index in [0.717, 1.165) is 6.42 Å². The predicted molar refractivity (Wildman–Crippen MR) is 70.9 cm³/mol. The van der Waals surface area contributed by atoms with Crippen molar-refractivity contribution in [1.82, 2.24) is 10.2 Å². The van der Waals surface area contributed by atoms with E-state index >= 15 is 0 Å². The monoisotopic (exact) mass is 270 g/mol. The molecule has 0 atom stereocenters. The molecule has 0 radical (unpaired) electrons. The average Bonchev–Trinajstić information content (AvgIpc) is 2.78. The van der Waals surface area contributed by atoms with Gasteiger partial charge in [-0.1, -0.05) is 6.07 Å². The number of carbonyl (C=O) groups is 2. The molecule has 0 aliphatic rings. The fourth-order valence-corrected chi connectivity index (χ4v) is 2.19. The molecule has 2 amide bonds. The highest BCUT2D eigenvalue weighted by Crippen LogP contribution is 2.08. The van der Waals surface area contributed by atoms with Gasteiger partial charge in [0, 0.05) is 17.5 Å². The summed E-state index contributed by atoms with van der Waals surface area (Å²) < 4.78 is 0. The fraction of sp³-hybridized carbons (Fsp3) is 0.500. The van der Waals surface area contributed by atoms with Gasteiger partial charge in [-0.05, 0) is 31.7 Å². The van der Waals surface area contributed by atoms with E-state index in [-0.39, 0.29) is 18.6 Å². The van der Waals surface area contributed by atoms with E-state index in [1.54, 1.807) is 25.2 Å². The SMILES string of the molecule is CC(C)N(CC(=O)O)C(=O)NCCc1cccs1. The number of rotatable bonds is 6. The molecule has 1 heterocycles. The third-order valence-corrected chi connectivity index (χ3v) is 3.35. The summed E-state index contributed by atoms with van der Waals surface area (Å²) in [5.74, 6) is -1.00. The number of hydrogen-bond acceptors (Lipinski definition) is 3. The number of hydrogen-bond donors (Lipinski definition) is 2. The minimum absolute atomic E-state index is 0.136. The molecule has 18 heavy (non-hydrogen) atoms. The molecule has 5 nitrogen and oxygen atoms in total. The highest BCUT2D eigenvalue weighted by molar-refractivity contribution is 7.09. The van der Waals surface area contributed by atoms with E-state index in [9.17, 15) is 9.59 Å². The number of carboxylic acid groups (broad SMARTS) is 1. The van der Waals surface area contributed by atoms with Crippen LogP contribution in [0.25, 0.3) is 0 Å². The quantitative estimate of drug-likeness (QED) is 0.828. The average molecular weight is 270 g/mol. The zero-order chi connectivity index (χ0) is 13.5. The number of thiophene rings is 1. The normalized spacial score (nSPS) is 10.4. The Kier molecular flexibility index (Phi) is 5.64. The third kappa shape index (κ3) is 4.75. The largest absolute Gasteiger partial charge is 0.480 e. The number of nitrogens with zero attached hydrogens (tertiary/aromatic N) is 1. The Bertz CT molecular complexity index is 390. The topological polar surface area (TPSA) is 69.6 Å². The number of urea groups is 1. The fourth-order valence-electron chi connectivity index (χ4n) is 1.48. The van der Waals surface area contributed by atoms with Crippen molar-refractivity contribution in [2.24, 2.45) is 0 Å². The Hall–Kier alpha value is -1.56. The summed E-state index contributed by atoms with van der Waals surface area (Å²) in [6, 6.07) is 3.51. The van der Waals surface area contributed by atoms with Gasteiger partial charge in [-0.25, -0.2) is 4.79 Å². The van der Waals surface area contributed by atoms with Crippen molar-refractivity contribution in [1.29, 1.82) is 0 Å². The third-order valence-electron chi connectivity index (χ3n) is 2.42. The van der Waals surface area contributed by atoms with E-state index in [2.05, 4.69) is 5.32 Å². The van der Waals surface area contributed by atoms with Crippen LogP contribution in [0.5, 0.6) is 0 Å². The first kappa shape index (κ1) is 14.5. The van der Waals surface area contributed by atoms with Gasteiger partial charge in [0.15, 0.2) is 0 Å². The molecular formula is C12H18N2O3S. The predicted octanol–water partition coefficient (Wildman–Crippen LogP) is 1.80. The molecule has 0 aliphatic heterocycles. The molecule has 6 heteroatoms. The van der Waals surface area contributed by atoms with Crippen molar-refractivity contribution in [3.05, 3.63) is 22.4 Å². The Balaban J connectivity index is 2.39. The van der Waals surface area contributed by atoms with Gasteiger partial charge in [-0.3, -0.25) is 4.79 Å². The van der Waals surface area contributed by atoms with E-state index in [1.807, 2.05) is 17.5 Å². The Labute approximate surface area is 110 Å². The van der Waals surface area contributed by atoms with Crippen LogP contribution in [0.2, 0.25) is 0 Å². The second-order valence-corrected chi connectivity index (χ2v) is 5.21. The van der Waals surface area contributed by atoms with Crippen molar-refractivity contribution >= 4 is 23.3 Å². The molecular weight excluding hydrogens is 252 g/mol. The van der Waals surface area contributed by atoms with Crippen LogP contribution in [0.4, 0.5) is 4.79 Å². The Morgan fingerprint density at radius 1 is 1.50 bits per heavy atom. The van der Waals surface area contributed by atoms with Crippen LogP contribution in [0, 0.1) is 0 Å². The van der Waals surface area contributed by atoms with Crippen molar-refractivity contribution in [3.8, 4) is 0 Å². The molecule has 0 saturated heterocycles. The first-order chi connectivity index (χ1) is 8.50. The second-order valence-electron chi connectivity index (χ2n) is 4.18. The lowest BCUT2D eigenvalue weighted by Crippen LogP contribution is -2.46. The van der Waals surface area contributed by atoms with Crippen LogP contribution in [-0.4, -0.2) is 41.1 Å². The Morgan fingerprint density at radius 2 is 2.22 bits per heavy atom. The van der Waals surface area contributed by atoms with Gasteiger partial charge in [0.25, 0.3) is 0 Å². The summed E-state index contributed by atoms with van der Waals surface area (Å²) >= 11 is 1.64. The lowest BCUT2D eigenvalue weighted by Gasteiger charge is -2.25. The van der Waals surface area contributed by atoms with E-state index in [1.165, 1.54) is 9.78 Å². The van der Waals surface area contributed by atoms with Gasteiger partial charge in [0.2, 0.25) is 0 Å². The van der Waals surface area contributed by atoms with Crippen molar-refractivity contribution in [2.75, 3.05) is 13.1 Å². The maximum Gasteiger partial charge on any atom is 0.323 e. The van der Waals surface area contributed by atoms with E-state index in [0.29, 0.717) is 6.54 Å². The summed E-state index contributed by atoms with van der Waals surface area (Å²) in [5.41, 5.74) is 0. The van der Waals surface area contributed by atoms with E-state index in [4.69, 9.17) is 5.11 Å². The highest BCUT2D eigenvalue weighted by atomic mass is 32.1. The summed E-state index contributed by atoms with van der Waals surface area (Å²) in [4.78, 5) is 25.0. The van der Waals surface area contributed by atoms with Gasteiger partial charge in [0.1, 0.15) is 6.54 Å². The van der Waals surface area contributed by atoms with Gasteiger partial charge >= 0.3 is 12.0 Å². The zero-order valence-corrected chi connectivity index (χ0v) is 11.4. The second kappa shape index (κ2) is 7.00. The number of carboxylic acids is 1. The zero-order valence-electron chi connectivity index (χ0n) is 10.5.